The molecule has 1 aliphatic carbocycles. The number of hydrogen-bond donors (Lipinski definition) is 2. The van der Waals surface area contributed by atoms with Crippen LogP contribution in [0.4, 0.5) is 4.79 Å². The van der Waals surface area contributed by atoms with Crippen molar-refractivity contribution in [2.45, 2.75) is 57.7 Å². The molecule has 0 radical (unpaired) electrons. The van der Waals surface area contributed by atoms with E-state index in [1.807, 2.05) is 20.8 Å². The first kappa shape index (κ1) is 11.3. The Labute approximate surface area is 85.2 Å². The van der Waals surface area contributed by atoms with Crippen LogP contribution < -0.4 is 11.1 Å². The summed E-state index contributed by atoms with van der Waals surface area (Å²) in [5.74, 6) is 0. The smallest absolute Gasteiger partial charge is 0.408 e. The molecule has 4 N–H and O–H groups in total. The molecule has 0 saturated heterocycles. The molecule has 0 aromatic carbocycles. The Morgan fingerprint density at radius 1 is 1.43 bits per heavy atom. The maximum absolute atomic E-state index is 11.4. The minimum atomic E-state index is -0.417. The normalized spacial score (nSPS) is 27.4. The van der Waals surface area contributed by atoms with Crippen LogP contribution >= 0.6 is 0 Å². The molecule has 0 aromatic rings. The average molecular weight is 201 g/mol. The van der Waals surface area contributed by atoms with Gasteiger partial charge in [0.1, 0.15) is 11.6 Å². The first-order valence-electron chi connectivity index (χ1n) is 5.21. The SMILES string of the molecule is CC(C)(C)OC(=O)N[C@@H]1CCC[C@H]1[NH3+]. The molecule has 1 amide bonds. The second-order valence-corrected chi connectivity index (χ2v) is 4.94. The van der Waals surface area contributed by atoms with Gasteiger partial charge in [-0.05, 0) is 33.6 Å². The molecule has 1 saturated carbocycles. The van der Waals surface area contributed by atoms with E-state index in [0.29, 0.717) is 6.04 Å². The maximum Gasteiger partial charge on any atom is 0.408 e. The average Bonchev–Trinajstić information content (AvgIpc) is 2.32. The van der Waals surface area contributed by atoms with Gasteiger partial charge in [-0.3, -0.25) is 0 Å². The fourth-order valence-electron chi connectivity index (χ4n) is 1.69. The Bertz CT molecular complexity index is 211. The summed E-state index contributed by atoms with van der Waals surface area (Å²) in [6.45, 7) is 5.59. The molecule has 0 bridgehead atoms. The third kappa shape index (κ3) is 3.54. The van der Waals surface area contributed by atoms with Gasteiger partial charge in [0.15, 0.2) is 0 Å². The monoisotopic (exact) mass is 201 g/mol. The lowest BCUT2D eigenvalue weighted by Gasteiger charge is -2.22. The highest BCUT2D eigenvalue weighted by Crippen LogP contribution is 2.16. The van der Waals surface area contributed by atoms with Crippen LogP contribution in [0.15, 0.2) is 0 Å². The number of hydrogen-bond acceptors (Lipinski definition) is 2. The summed E-state index contributed by atoms with van der Waals surface area (Å²) < 4.78 is 5.17. The minimum Gasteiger partial charge on any atom is -0.444 e. The number of carbonyl (C=O) groups excluding carboxylic acids is 1. The standard InChI is InChI=1S/C10H20N2O2/c1-10(2,3)14-9(13)12-8-6-4-5-7(8)11/h7-8H,4-6,11H2,1-3H3,(H,12,13)/p+1/t7-,8-/m1/s1. The summed E-state index contributed by atoms with van der Waals surface area (Å²) in [6, 6.07) is 0.535. The Balaban J connectivity index is 2.33. The van der Waals surface area contributed by atoms with Gasteiger partial charge in [-0.25, -0.2) is 4.79 Å². The van der Waals surface area contributed by atoms with E-state index in [-0.39, 0.29) is 12.1 Å². The van der Waals surface area contributed by atoms with E-state index >= 15 is 0 Å². The van der Waals surface area contributed by atoms with Crippen LogP contribution in [0.3, 0.4) is 0 Å². The second-order valence-electron chi connectivity index (χ2n) is 4.94. The van der Waals surface area contributed by atoms with Crippen LogP contribution in [0.25, 0.3) is 0 Å². The Morgan fingerprint density at radius 3 is 2.50 bits per heavy atom. The van der Waals surface area contributed by atoms with Crippen LogP contribution in [0, 0.1) is 0 Å². The molecular formula is C10H21N2O2+. The van der Waals surface area contributed by atoms with Crippen LogP contribution in [-0.4, -0.2) is 23.8 Å². The third-order valence-electron chi connectivity index (χ3n) is 2.36. The summed E-state index contributed by atoms with van der Waals surface area (Å²) in [7, 11) is 0. The Kier molecular flexibility index (Phi) is 3.37. The van der Waals surface area contributed by atoms with Gasteiger partial charge in [-0.2, -0.15) is 0 Å². The molecular weight excluding hydrogens is 180 g/mol. The van der Waals surface area contributed by atoms with E-state index in [1.165, 1.54) is 0 Å². The summed E-state index contributed by atoms with van der Waals surface area (Å²) in [4.78, 5) is 11.4. The minimum absolute atomic E-state index is 0.199. The summed E-state index contributed by atoms with van der Waals surface area (Å²) >= 11 is 0. The molecule has 82 valence electrons. The number of rotatable bonds is 1. The van der Waals surface area contributed by atoms with Crippen LogP contribution in [0.5, 0.6) is 0 Å². The summed E-state index contributed by atoms with van der Waals surface area (Å²) in [5.41, 5.74) is 3.58. The fourth-order valence-corrected chi connectivity index (χ4v) is 1.69. The van der Waals surface area contributed by atoms with Crippen LogP contribution in [-0.2, 0) is 4.74 Å². The molecule has 1 rings (SSSR count). The molecule has 0 heterocycles. The number of amides is 1. The molecule has 0 aliphatic heterocycles. The van der Waals surface area contributed by atoms with E-state index < -0.39 is 5.60 Å². The van der Waals surface area contributed by atoms with Crippen molar-refractivity contribution in [1.82, 2.24) is 5.32 Å². The lowest BCUT2D eigenvalue weighted by molar-refractivity contribution is -0.421. The van der Waals surface area contributed by atoms with Gasteiger partial charge >= 0.3 is 6.09 Å². The zero-order valence-corrected chi connectivity index (χ0v) is 9.30. The second kappa shape index (κ2) is 4.17. The quantitative estimate of drug-likeness (QED) is 0.655. The molecule has 0 spiro atoms. The largest absolute Gasteiger partial charge is 0.444 e. The van der Waals surface area contributed by atoms with E-state index in [2.05, 4.69) is 11.1 Å². The van der Waals surface area contributed by atoms with Gasteiger partial charge in [-0.15, -0.1) is 0 Å². The van der Waals surface area contributed by atoms with Crippen molar-refractivity contribution in [3.05, 3.63) is 0 Å². The van der Waals surface area contributed by atoms with Gasteiger partial charge in [0.05, 0.1) is 6.04 Å². The molecule has 1 aliphatic rings. The van der Waals surface area contributed by atoms with Crippen molar-refractivity contribution in [2.75, 3.05) is 0 Å². The molecule has 0 unspecified atom stereocenters. The molecule has 0 aromatic heterocycles. The van der Waals surface area contributed by atoms with Gasteiger partial charge < -0.3 is 15.8 Å². The van der Waals surface area contributed by atoms with E-state index in [9.17, 15) is 4.79 Å². The fraction of sp³-hybridized carbons (Fsp3) is 0.900. The number of nitrogens with one attached hydrogen (secondary N) is 1. The first-order chi connectivity index (χ1) is 6.38. The van der Waals surface area contributed by atoms with Gasteiger partial charge in [0, 0.05) is 6.42 Å². The molecule has 2 atom stereocenters. The van der Waals surface area contributed by atoms with E-state index in [1.54, 1.807) is 0 Å². The Morgan fingerprint density at radius 2 is 2.07 bits per heavy atom. The molecule has 4 nitrogen and oxygen atoms in total. The summed E-state index contributed by atoms with van der Waals surface area (Å²) in [6.07, 6.45) is 2.95. The predicted octanol–water partition coefficient (Wildman–Crippen LogP) is 0.674. The zero-order valence-electron chi connectivity index (χ0n) is 9.30. The number of carbonyl (C=O) groups is 1. The van der Waals surface area contributed by atoms with Gasteiger partial charge in [0.25, 0.3) is 0 Å². The van der Waals surface area contributed by atoms with E-state index in [4.69, 9.17) is 4.74 Å². The highest BCUT2D eigenvalue weighted by Gasteiger charge is 2.29. The predicted molar refractivity (Wildman–Crippen MR) is 53.7 cm³/mol. The zero-order chi connectivity index (χ0) is 10.8. The molecule has 1 fully saturated rings. The number of ether oxygens (including phenoxy) is 1. The summed E-state index contributed by atoms with van der Waals surface area (Å²) in [5, 5.41) is 2.86. The lowest BCUT2D eigenvalue weighted by Crippen LogP contribution is -2.67. The third-order valence-corrected chi connectivity index (χ3v) is 2.36. The Hall–Kier alpha value is -0.770. The van der Waals surface area contributed by atoms with Crippen LogP contribution in [0.2, 0.25) is 0 Å². The van der Waals surface area contributed by atoms with Gasteiger partial charge in [0.2, 0.25) is 0 Å². The van der Waals surface area contributed by atoms with Crippen molar-refractivity contribution < 1.29 is 15.3 Å². The first-order valence-corrected chi connectivity index (χ1v) is 5.21. The lowest BCUT2D eigenvalue weighted by atomic mass is 10.2. The maximum atomic E-state index is 11.4. The van der Waals surface area contributed by atoms with Crippen LogP contribution in [0.1, 0.15) is 40.0 Å². The number of quaternary nitrogens is 1. The van der Waals surface area contributed by atoms with Gasteiger partial charge in [-0.1, -0.05) is 0 Å². The van der Waals surface area contributed by atoms with Crippen molar-refractivity contribution >= 4 is 6.09 Å². The van der Waals surface area contributed by atoms with Crippen molar-refractivity contribution in [3.8, 4) is 0 Å². The molecule has 4 heteroatoms. The van der Waals surface area contributed by atoms with Crippen molar-refractivity contribution in [3.63, 3.8) is 0 Å². The highest BCUT2D eigenvalue weighted by atomic mass is 16.6. The van der Waals surface area contributed by atoms with E-state index in [0.717, 1.165) is 19.3 Å². The molecule has 14 heavy (non-hydrogen) atoms. The highest BCUT2D eigenvalue weighted by molar-refractivity contribution is 5.68. The number of alkyl carbamates (subject to hydrolysis) is 1. The topological polar surface area (TPSA) is 66.0 Å². The van der Waals surface area contributed by atoms with Crippen molar-refractivity contribution in [1.29, 1.82) is 0 Å². The van der Waals surface area contributed by atoms with Crippen molar-refractivity contribution in [2.24, 2.45) is 0 Å².